The smallest absolute Gasteiger partial charge is 0.289 e. The number of likely N-dealkylation sites (tertiary alicyclic amines) is 1. The van der Waals surface area contributed by atoms with Crippen molar-refractivity contribution >= 4 is 11.8 Å². The van der Waals surface area contributed by atoms with Crippen molar-refractivity contribution in [2.75, 3.05) is 26.2 Å². The molecule has 2 saturated heterocycles. The number of hydrogen-bond acceptors (Lipinski definition) is 5. The number of carbonyl (C=O) groups is 2. The molecular weight excluding hydrogens is 413 g/mol. The number of halogens is 1. The second-order valence-corrected chi connectivity index (χ2v) is 8.09. The molecule has 0 radical (unpaired) electrons. The van der Waals surface area contributed by atoms with Gasteiger partial charge in [-0.25, -0.2) is 4.39 Å². The van der Waals surface area contributed by atoms with Gasteiger partial charge in [-0.05, 0) is 41.5 Å². The van der Waals surface area contributed by atoms with Gasteiger partial charge in [-0.2, -0.15) is 0 Å². The summed E-state index contributed by atoms with van der Waals surface area (Å²) >= 11 is 0. The Bertz CT molecular complexity index is 1100. The fraction of sp³-hybridized carbons (Fsp3) is 0.292. The molecule has 1 spiro atoms. The Kier molecular flexibility index (Phi) is 5.22. The van der Waals surface area contributed by atoms with Gasteiger partial charge in [0, 0.05) is 37.9 Å². The number of benzene rings is 1. The molecule has 0 bridgehead atoms. The quantitative estimate of drug-likeness (QED) is 0.630. The lowest BCUT2D eigenvalue weighted by Gasteiger charge is -2.42. The molecule has 2 aliphatic heterocycles. The maximum atomic E-state index is 13.8. The van der Waals surface area contributed by atoms with Gasteiger partial charge in [0.15, 0.2) is 11.4 Å². The van der Waals surface area contributed by atoms with Crippen LogP contribution in [0.25, 0.3) is 0 Å². The van der Waals surface area contributed by atoms with Crippen LogP contribution in [-0.2, 0) is 16.1 Å². The van der Waals surface area contributed by atoms with Crippen LogP contribution in [-0.4, -0.2) is 58.4 Å². The van der Waals surface area contributed by atoms with Gasteiger partial charge in [0.1, 0.15) is 5.82 Å². The van der Waals surface area contributed by atoms with Crippen molar-refractivity contribution in [2.45, 2.75) is 18.1 Å². The summed E-state index contributed by atoms with van der Waals surface area (Å²) in [5.74, 6) is -0.945. The normalized spacial score (nSPS) is 23.2. The fourth-order valence-electron chi connectivity index (χ4n) is 4.59. The Labute approximate surface area is 184 Å². The molecule has 0 saturated carbocycles. The number of pyridine rings is 1. The molecule has 2 amide bonds. The second kappa shape index (κ2) is 8.20. The van der Waals surface area contributed by atoms with Crippen LogP contribution < -0.4 is 0 Å². The molecule has 2 aliphatic rings. The minimum atomic E-state index is -1.22. The van der Waals surface area contributed by atoms with E-state index in [0.29, 0.717) is 26.2 Å². The average Bonchev–Trinajstić information content (AvgIpc) is 3.48. The van der Waals surface area contributed by atoms with Gasteiger partial charge < -0.3 is 19.0 Å². The van der Waals surface area contributed by atoms with Crippen molar-refractivity contribution in [2.24, 2.45) is 0 Å². The predicted molar refractivity (Wildman–Crippen MR) is 112 cm³/mol. The molecule has 1 aromatic carbocycles. The summed E-state index contributed by atoms with van der Waals surface area (Å²) in [5.41, 5.74) is 0.444. The van der Waals surface area contributed by atoms with Crippen molar-refractivity contribution in [1.29, 1.82) is 0 Å². The Morgan fingerprint density at radius 1 is 1.19 bits per heavy atom. The van der Waals surface area contributed by atoms with Crippen molar-refractivity contribution in [3.63, 3.8) is 0 Å². The summed E-state index contributed by atoms with van der Waals surface area (Å²) < 4.78 is 24.8. The van der Waals surface area contributed by atoms with E-state index in [2.05, 4.69) is 4.98 Å². The fourth-order valence-corrected chi connectivity index (χ4v) is 4.59. The first-order valence-electron chi connectivity index (χ1n) is 10.5. The molecule has 3 aromatic rings. The maximum Gasteiger partial charge on any atom is 0.289 e. The molecule has 2 fully saturated rings. The summed E-state index contributed by atoms with van der Waals surface area (Å²) in [6.45, 7) is 1.53. The molecule has 8 heteroatoms. The highest BCUT2D eigenvalue weighted by Crippen LogP contribution is 2.42. The summed E-state index contributed by atoms with van der Waals surface area (Å²) in [6.07, 6.45) is 4.83. The third kappa shape index (κ3) is 3.56. The number of rotatable bonds is 4. The largest absolute Gasteiger partial charge is 0.459 e. The van der Waals surface area contributed by atoms with Crippen LogP contribution in [0.5, 0.6) is 0 Å². The third-order valence-electron chi connectivity index (χ3n) is 6.15. The first kappa shape index (κ1) is 20.4. The van der Waals surface area contributed by atoms with Crippen LogP contribution in [0.2, 0.25) is 0 Å². The second-order valence-electron chi connectivity index (χ2n) is 8.09. The summed E-state index contributed by atoms with van der Waals surface area (Å²) in [5, 5.41) is 0. The molecule has 0 N–H and O–H groups in total. The first-order chi connectivity index (χ1) is 15.6. The average molecular weight is 435 g/mol. The molecule has 0 unspecified atom stereocenters. The Hall–Kier alpha value is -3.52. The number of carbonyl (C=O) groups excluding carboxylic acids is 2. The zero-order chi connectivity index (χ0) is 22.1. The Balaban J connectivity index is 1.47. The van der Waals surface area contributed by atoms with E-state index >= 15 is 0 Å². The monoisotopic (exact) mass is 435 g/mol. The number of amides is 2. The van der Waals surface area contributed by atoms with Gasteiger partial charge in [0.2, 0.25) is 0 Å². The van der Waals surface area contributed by atoms with E-state index in [1.54, 1.807) is 46.5 Å². The van der Waals surface area contributed by atoms with Crippen LogP contribution in [0, 0.1) is 5.82 Å². The molecule has 32 heavy (non-hydrogen) atoms. The molecule has 0 aliphatic carbocycles. The molecule has 2 aromatic heterocycles. The van der Waals surface area contributed by atoms with Crippen molar-refractivity contribution in [3.8, 4) is 0 Å². The van der Waals surface area contributed by atoms with E-state index in [1.807, 2.05) is 12.1 Å². The van der Waals surface area contributed by atoms with E-state index in [9.17, 15) is 14.0 Å². The van der Waals surface area contributed by atoms with Crippen molar-refractivity contribution < 1.29 is 23.1 Å². The van der Waals surface area contributed by atoms with Gasteiger partial charge in [-0.1, -0.05) is 18.2 Å². The third-order valence-corrected chi connectivity index (χ3v) is 6.15. The first-order valence-corrected chi connectivity index (χ1v) is 10.5. The molecule has 7 nitrogen and oxygen atoms in total. The number of morpholine rings is 1. The van der Waals surface area contributed by atoms with Crippen LogP contribution in [0.4, 0.5) is 4.39 Å². The lowest BCUT2D eigenvalue weighted by molar-refractivity contribution is -0.172. The van der Waals surface area contributed by atoms with Crippen LogP contribution in [0.3, 0.4) is 0 Å². The highest BCUT2D eigenvalue weighted by Gasteiger charge is 2.58. The number of hydrogen-bond donors (Lipinski definition) is 0. The van der Waals surface area contributed by atoms with Crippen molar-refractivity contribution in [1.82, 2.24) is 14.8 Å². The summed E-state index contributed by atoms with van der Waals surface area (Å²) in [7, 11) is 0. The van der Waals surface area contributed by atoms with E-state index in [4.69, 9.17) is 9.15 Å². The molecule has 2 atom stereocenters. The lowest BCUT2D eigenvalue weighted by Crippen LogP contribution is -2.60. The topological polar surface area (TPSA) is 75.9 Å². The van der Waals surface area contributed by atoms with Gasteiger partial charge in [-0.15, -0.1) is 0 Å². The van der Waals surface area contributed by atoms with E-state index in [1.165, 1.54) is 18.4 Å². The zero-order valence-electron chi connectivity index (χ0n) is 17.3. The van der Waals surface area contributed by atoms with Crippen LogP contribution >= 0.6 is 0 Å². The van der Waals surface area contributed by atoms with Gasteiger partial charge >= 0.3 is 0 Å². The minimum Gasteiger partial charge on any atom is -0.459 e. The molecular formula is C24H22FN3O4. The standard InChI is InChI=1S/C24H22FN3O4/c25-19-7-5-17(6-8-19)14-27-10-12-32-24(23(27)30)16-28(22(29)21-4-2-11-31-21)15-20(24)18-3-1-9-26-13-18/h1-9,11,13,20H,10,12,14-16H2/t20-,24+/m0/s1. The Morgan fingerprint density at radius 3 is 2.75 bits per heavy atom. The lowest BCUT2D eigenvalue weighted by atomic mass is 9.83. The highest BCUT2D eigenvalue weighted by atomic mass is 19.1. The van der Waals surface area contributed by atoms with Gasteiger partial charge in [0.05, 0.1) is 19.4 Å². The van der Waals surface area contributed by atoms with E-state index in [-0.39, 0.29) is 35.9 Å². The van der Waals surface area contributed by atoms with Crippen molar-refractivity contribution in [3.05, 3.63) is 89.9 Å². The van der Waals surface area contributed by atoms with Gasteiger partial charge in [0.25, 0.3) is 11.8 Å². The van der Waals surface area contributed by atoms with Crippen LogP contribution in [0.1, 0.15) is 27.6 Å². The highest BCUT2D eigenvalue weighted by molar-refractivity contribution is 5.94. The molecule has 5 rings (SSSR count). The number of nitrogens with zero attached hydrogens (tertiary/aromatic N) is 3. The minimum absolute atomic E-state index is 0.116. The number of furan rings is 1. The predicted octanol–water partition coefficient (Wildman–Crippen LogP) is 2.85. The molecule has 4 heterocycles. The number of ether oxygens (including phenoxy) is 1. The van der Waals surface area contributed by atoms with E-state index in [0.717, 1.165) is 11.1 Å². The molecule has 164 valence electrons. The maximum absolute atomic E-state index is 13.8. The Morgan fingerprint density at radius 2 is 2.03 bits per heavy atom. The SMILES string of the molecule is O=C(c1ccco1)N1C[C@@H](c2cccnc2)[C@@]2(C1)OCCN(Cc1ccc(F)cc1)C2=O. The van der Waals surface area contributed by atoms with E-state index < -0.39 is 5.60 Å². The van der Waals surface area contributed by atoms with Gasteiger partial charge in [-0.3, -0.25) is 14.6 Å². The summed E-state index contributed by atoms with van der Waals surface area (Å²) in [4.78, 5) is 34.4. The number of aromatic nitrogens is 1. The zero-order valence-corrected chi connectivity index (χ0v) is 17.3. The summed E-state index contributed by atoms with van der Waals surface area (Å²) in [6, 6.07) is 13.1. The van der Waals surface area contributed by atoms with Crippen LogP contribution in [0.15, 0.2) is 71.6 Å².